The van der Waals surface area contributed by atoms with E-state index in [-0.39, 0.29) is 5.91 Å². The van der Waals surface area contributed by atoms with Gasteiger partial charge in [-0.2, -0.15) is 0 Å². The van der Waals surface area contributed by atoms with Gasteiger partial charge in [0, 0.05) is 17.8 Å². The quantitative estimate of drug-likeness (QED) is 0.758. The highest BCUT2D eigenvalue weighted by atomic mass is 16.5. The third-order valence-electron chi connectivity index (χ3n) is 2.14. The van der Waals surface area contributed by atoms with E-state index in [1.54, 1.807) is 18.3 Å². The topological polar surface area (TPSA) is 60.8 Å². The van der Waals surface area contributed by atoms with E-state index >= 15 is 0 Å². The van der Waals surface area contributed by atoms with E-state index < -0.39 is 0 Å². The van der Waals surface area contributed by atoms with Crippen molar-refractivity contribution in [2.45, 2.75) is 0 Å². The van der Waals surface area contributed by atoms with Gasteiger partial charge in [0.15, 0.2) is 5.75 Å². The van der Waals surface area contributed by atoms with Crippen LogP contribution in [0.25, 0.3) is 0 Å². The van der Waals surface area contributed by atoms with Gasteiger partial charge in [0.05, 0.1) is 19.9 Å². The number of aromatic nitrogens is 1. The highest BCUT2D eigenvalue weighted by Gasteiger charge is 2.12. The Morgan fingerprint density at radius 3 is 2.56 bits per heavy atom. The number of carbonyl (C=O) groups is 1. The van der Waals surface area contributed by atoms with Crippen LogP contribution in [0.5, 0.6) is 11.6 Å². The van der Waals surface area contributed by atoms with E-state index in [2.05, 4.69) is 9.98 Å². The van der Waals surface area contributed by atoms with Crippen molar-refractivity contribution in [1.29, 1.82) is 0 Å². The summed E-state index contributed by atoms with van der Waals surface area (Å²) >= 11 is 0. The highest BCUT2D eigenvalue weighted by molar-refractivity contribution is 6.20. The molecule has 82 valence electrons. The number of carbonyl (C=O) groups excluding carboxylic acids is 1. The normalized spacial score (nSPS) is 13.9. The maximum absolute atomic E-state index is 11.0. The molecule has 0 radical (unpaired) electrons. The van der Waals surface area contributed by atoms with Gasteiger partial charge in [0.2, 0.25) is 0 Å². The predicted octanol–water partition coefficient (Wildman–Crippen LogP) is 0.984. The lowest BCUT2D eigenvalue weighted by Gasteiger charge is -2.07. The van der Waals surface area contributed by atoms with Gasteiger partial charge < -0.3 is 9.47 Å². The van der Waals surface area contributed by atoms with E-state index in [1.165, 1.54) is 20.3 Å². The summed E-state index contributed by atoms with van der Waals surface area (Å²) in [5, 5.41) is 0. The van der Waals surface area contributed by atoms with Crippen LogP contribution in [0.15, 0.2) is 29.4 Å². The number of pyridine rings is 1. The van der Waals surface area contributed by atoms with Crippen molar-refractivity contribution in [2.75, 3.05) is 14.2 Å². The van der Waals surface area contributed by atoms with Crippen LogP contribution in [0.2, 0.25) is 0 Å². The summed E-state index contributed by atoms with van der Waals surface area (Å²) in [4.78, 5) is 18.8. The Kier molecular flexibility index (Phi) is 2.68. The lowest BCUT2D eigenvalue weighted by Crippen LogP contribution is -2.00. The van der Waals surface area contributed by atoms with Gasteiger partial charge in [0.1, 0.15) is 0 Å². The molecule has 1 aromatic heterocycles. The Balaban J connectivity index is 2.40. The fourth-order valence-electron chi connectivity index (χ4n) is 1.38. The zero-order chi connectivity index (χ0) is 11.5. The lowest BCUT2D eigenvalue weighted by atomic mass is 10.2. The van der Waals surface area contributed by atoms with Crippen molar-refractivity contribution in [2.24, 2.45) is 4.99 Å². The minimum atomic E-state index is -0.259. The van der Waals surface area contributed by atoms with E-state index in [0.717, 1.165) is 5.56 Å². The molecule has 1 amide bonds. The summed E-state index contributed by atoms with van der Waals surface area (Å²) in [5.41, 5.74) is 1.30. The molecule has 16 heavy (non-hydrogen) atoms. The number of rotatable bonds is 3. The van der Waals surface area contributed by atoms with Gasteiger partial charge in [-0.05, 0) is 12.1 Å². The second-order valence-corrected chi connectivity index (χ2v) is 3.10. The molecular weight excluding hydrogens is 208 g/mol. The Bertz CT molecular complexity index is 492. The predicted molar refractivity (Wildman–Crippen MR) is 58.0 cm³/mol. The summed E-state index contributed by atoms with van der Waals surface area (Å²) in [6.07, 6.45) is 4.64. The Morgan fingerprint density at radius 1 is 1.19 bits per heavy atom. The molecule has 0 aromatic carbocycles. The standard InChI is InChI=1S/C11H10N2O3/c1-15-9-5-7(6-12-11(9)16-2)8-3-4-10(14)13-8/h3-6H,1-2H3. The summed E-state index contributed by atoms with van der Waals surface area (Å²) in [7, 11) is 3.04. The molecule has 5 nitrogen and oxygen atoms in total. The van der Waals surface area contributed by atoms with Crippen molar-refractivity contribution < 1.29 is 14.3 Å². The van der Waals surface area contributed by atoms with Crippen LogP contribution < -0.4 is 9.47 Å². The average Bonchev–Trinajstić information content (AvgIpc) is 2.75. The molecule has 1 aliphatic heterocycles. The first-order valence-electron chi connectivity index (χ1n) is 4.63. The Hall–Kier alpha value is -2.17. The Morgan fingerprint density at radius 2 is 2.00 bits per heavy atom. The van der Waals surface area contributed by atoms with E-state index in [0.29, 0.717) is 17.3 Å². The number of nitrogens with zero attached hydrogens (tertiary/aromatic N) is 2. The van der Waals surface area contributed by atoms with Crippen LogP contribution in [0.3, 0.4) is 0 Å². The number of allylic oxidation sites excluding steroid dienone is 1. The Labute approximate surface area is 92.4 Å². The third-order valence-corrected chi connectivity index (χ3v) is 2.14. The first-order chi connectivity index (χ1) is 7.74. The average molecular weight is 218 g/mol. The van der Waals surface area contributed by atoms with Gasteiger partial charge in [0.25, 0.3) is 11.8 Å². The van der Waals surface area contributed by atoms with Crippen LogP contribution in [-0.2, 0) is 4.79 Å². The zero-order valence-electron chi connectivity index (χ0n) is 8.93. The molecule has 0 spiro atoms. The van der Waals surface area contributed by atoms with Gasteiger partial charge in [-0.15, -0.1) is 0 Å². The number of amides is 1. The van der Waals surface area contributed by atoms with Gasteiger partial charge in [-0.1, -0.05) is 0 Å². The molecule has 1 aromatic rings. The number of hydrogen-bond acceptors (Lipinski definition) is 4. The molecule has 0 saturated heterocycles. The van der Waals surface area contributed by atoms with Crippen molar-refractivity contribution in [3.8, 4) is 11.6 Å². The summed E-state index contributed by atoms with van der Waals surface area (Å²) < 4.78 is 10.1. The molecule has 0 atom stereocenters. The molecular formula is C11H10N2O3. The van der Waals surface area contributed by atoms with Crippen LogP contribution >= 0.6 is 0 Å². The van der Waals surface area contributed by atoms with Crippen LogP contribution in [0.4, 0.5) is 0 Å². The van der Waals surface area contributed by atoms with E-state index in [9.17, 15) is 4.79 Å². The van der Waals surface area contributed by atoms with Crippen LogP contribution in [0.1, 0.15) is 5.56 Å². The molecule has 5 heteroatoms. The van der Waals surface area contributed by atoms with Crippen molar-refractivity contribution in [3.05, 3.63) is 30.0 Å². The second-order valence-electron chi connectivity index (χ2n) is 3.10. The zero-order valence-corrected chi connectivity index (χ0v) is 8.93. The first kappa shape index (κ1) is 10.4. The van der Waals surface area contributed by atoms with Gasteiger partial charge in [-0.3, -0.25) is 4.79 Å². The van der Waals surface area contributed by atoms with Gasteiger partial charge >= 0.3 is 0 Å². The fourth-order valence-corrected chi connectivity index (χ4v) is 1.38. The second kappa shape index (κ2) is 4.14. The number of ether oxygens (including phenoxy) is 2. The number of aliphatic imine (C=N–C) groups is 1. The summed E-state index contributed by atoms with van der Waals surface area (Å²) in [6.45, 7) is 0. The van der Waals surface area contributed by atoms with Crippen LogP contribution in [-0.4, -0.2) is 30.8 Å². The van der Waals surface area contributed by atoms with Crippen molar-refractivity contribution in [3.63, 3.8) is 0 Å². The van der Waals surface area contributed by atoms with E-state index in [4.69, 9.17) is 9.47 Å². The minimum absolute atomic E-state index is 0.259. The summed E-state index contributed by atoms with van der Waals surface area (Å²) in [6, 6.07) is 1.73. The highest BCUT2D eigenvalue weighted by Crippen LogP contribution is 2.25. The monoisotopic (exact) mass is 218 g/mol. The molecule has 0 bridgehead atoms. The number of hydrogen-bond donors (Lipinski definition) is 0. The molecule has 0 saturated carbocycles. The van der Waals surface area contributed by atoms with Crippen LogP contribution in [0, 0.1) is 0 Å². The lowest BCUT2D eigenvalue weighted by molar-refractivity contribution is -0.113. The smallest absolute Gasteiger partial charge is 0.270 e. The molecule has 0 N–H and O–H groups in total. The fraction of sp³-hybridized carbons (Fsp3) is 0.182. The van der Waals surface area contributed by atoms with Crippen molar-refractivity contribution >= 4 is 11.6 Å². The molecule has 0 fully saturated rings. The maximum atomic E-state index is 11.0. The first-order valence-corrected chi connectivity index (χ1v) is 4.63. The van der Waals surface area contributed by atoms with Crippen molar-refractivity contribution in [1.82, 2.24) is 4.98 Å². The van der Waals surface area contributed by atoms with Gasteiger partial charge in [-0.25, -0.2) is 9.98 Å². The molecule has 2 heterocycles. The maximum Gasteiger partial charge on any atom is 0.270 e. The number of methoxy groups -OCH3 is 2. The minimum Gasteiger partial charge on any atom is -0.491 e. The third kappa shape index (κ3) is 1.79. The van der Waals surface area contributed by atoms with E-state index in [1.807, 2.05) is 0 Å². The SMILES string of the molecule is COc1cc(C2=NC(=O)C=C2)cnc1OC. The summed E-state index contributed by atoms with van der Waals surface area (Å²) in [5.74, 6) is 0.653. The molecule has 0 aliphatic carbocycles. The molecule has 1 aliphatic rings. The molecule has 2 rings (SSSR count). The largest absolute Gasteiger partial charge is 0.491 e. The molecule has 0 unspecified atom stereocenters.